The molecule has 2 heterocycles. The van der Waals surface area contributed by atoms with Gasteiger partial charge in [-0.1, -0.05) is 11.6 Å². The second kappa shape index (κ2) is 5.85. The maximum atomic E-state index is 10.9. The Labute approximate surface area is 121 Å². The van der Waals surface area contributed by atoms with Crippen molar-refractivity contribution < 1.29 is 14.8 Å². The zero-order chi connectivity index (χ0) is 14.7. The maximum Gasteiger partial charge on any atom is 0.337 e. The summed E-state index contributed by atoms with van der Waals surface area (Å²) in [4.78, 5) is 28.8. The van der Waals surface area contributed by atoms with E-state index < -0.39 is 10.9 Å². The van der Waals surface area contributed by atoms with E-state index >= 15 is 0 Å². The van der Waals surface area contributed by atoms with Gasteiger partial charge in [-0.3, -0.25) is 10.1 Å². The molecular weight excluding hydrogens is 306 g/mol. The molecule has 0 atom stereocenters. The first-order chi connectivity index (χ1) is 9.47. The normalized spacial score (nSPS) is 10.2. The van der Waals surface area contributed by atoms with Crippen molar-refractivity contribution in [2.24, 2.45) is 0 Å². The number of aromatic carboxylic acids is 1. The van der Waals surface area contributed by atoms with E-state index in [9.17, 15) is 14.9 Å². The molecule has 1 N–H and O–H groups in total. The third-order valence-corrected chi connectivity index (χ3v) is 3.35. The molecule has 0 aliphatic carbocycles. The Morgan fingerprint density at radius 2 is 2.10 bits per heavy atom. The third kappa shape index (κ3) is 3.22. The van der Waals surface area contributed by atoms with Crippen LogP contribution >= 0.6 is 23.4 Å². The van der Waals surface area contributed by atoms with Gasteiger partial charge in [0.2, 0.25) is 0 Å². The van der Waals surface area contributed by atoms with Gasteiger partial charge >= 0.3 is 11.7 Å². The van der Waals surface area contributed by atoms with Gasteiger partial charge in [0.05, 0.1) is 15.5 Å². The molecule has 2 aromatic rings. The smallest absolute Gasteiger partial charge is 0.337 e. The average Bonchev–Trinajstić information content (AvgIpc) is 2.41. The molecule has 0 spiro atoms. The molecule has 2 rings (SSSR count). The van der Waals surface area contributed by atoms with E-state index in [-0.39, 0.29) is 21.3 Å². The summed E-state index contributed by atoms with van der Waals surface area (Å²) in [5.41, 5.74) is -0.195. The van der Waals surface area contributed by atoms with Crippen LogP contribution in [0.5, 0.6) is 0 Å². The first-order valence-electron chi connectivity index (χ1n) is 5.14. The highest BCUT2D eigenvalue weighted by Crippen LogP contribution is 2.33. The Kier molecular flexibility index (Phi) is 4.16. The van der Waals surface area contributed by atoms with E-state index in [1.165, 1.54) is 30.6 Å². The van der Waals surface area contributed by atoms with Gasteiger partial charge in [-0.05, 0) is 23.9 Å². The quantitative estimate of drug-likeness (QED) is 0.683. The lowest BCUT2D eigenvalue weighted by atomic mass is 10.3. The van der Waals surface area contributed by atoms with Crippen molar-refractivity contribution in [3.8, 4) is 0 Å². The molecule has 0 bridgehead atoms. The van der Waals surface area contributed by atoms with Crippen LogP contribution in [0.4, 0.5) is 5.69 Å². The summed E-state index contributed by atoms with van der Waals surface area (Å²) in [6, 6.07) is 4.01. The summed E-state index contributed by atoms with van der Waals surface area (Å²) in [7, 11) is 0. The number of carboxylic acid groups (broad SMARTS) is 1. The highest BCUT2D eigenvalue weighted by molar-refractivity contribution is 7.99. The fourth-order valence-corrected chi connectivity index (χ4v) is 2.23. The number of carboxylic acids is 1. The Bertz CT molecular complexity index is 678. The highest BCUT2D eigenvalue weighted by Gasteiger charge is 2.18. The SMILES string of the molecule is O=C(O)c1ccc(Sc2ncc(Cl)cc2[N+](=O)[O-])nc1. The van der Waals surface area contributed by atoms with Gasteiger partial charge in [0.1, 0.15) is 5.03 Å². The molecule has 0 aliphatic rings. The fraction of sp³-hybridized carbons (Fsp3) is 0. The minimum absolute atomic E-state index is 0.0351. The Hall–Kier alpha value is -2.19. The highest BCUT2D eigenvalue weighted by atomic mass is 35.5. The summed E-state index contributed by atoms with van der Waals surface area (Å²) >= 11 is 6.62. The van der Waals surface area contributed by atoms with Gasteiger partial charge in [0.15, 0.2) is 5.03 Å². The number of hydrogen-bond acceptors (Lipinski definition) is 6. The van der Waals surface area contributed by atoms with Crippen LogP contribution in [0.1, 0.15) is 10.4 Å². The number of carbonyl (C=O) groups is 1. The standard InChI is InChI=1S/C11H6ClN3O4S/c12-7-3-8(15(18)19)10(14-5-7)20-9-2-1-6(4-13-9)11(16)17/h1-5H,(H,16,17). The van der Waals surface area contributed by atoms with Gasteiger partial charge in [0.25, 0.3) is 0 Å². The first kappa shape index (κ1) is 14.2. The number of nitro groups is 1. The molecule has 2 aromatic heterocycles. The molecule has 7 nitrogen and oxygen atoms in total. The van der Waals surface area contributed by atoms with Gasteiger partial charge in [-0.15, -0.1) is 0 Å². The van der Waals surface area contributed by atoms with Crippen LogP contribution in [0.2, 0.25) is 5.02 Å². The van der Waals surface area contributed by atoms with Crippen LogP contribution in [0.25, 0.3) is 0 Å². The molecule has 0 aliphatic heterocycles. The monoisotopic (exact) mass is 311 g/mol. The van der Waals surface area contributed by atoms with E-state index in [4.69, 9.17) is 16.7 Å². The summed E-state index contributed by atoms with van der Waals surface area (Å²) in [6.07, 6.45) is 2.47. The number of rotatable bonds is 4. The number of halogens is 1. The molecule has 0 radical (unpaired) electrons. The number of hydrogen-bond donors (Lipinski definition) is 1. The van der Waals surface area contributed by atoms with Gasteiger partial charge in [0, 0.05) is 18.5 Å². The summed E-state index contributed by atoms with van der Waals surface area (Å²) < 4.78 is 0. The van der Waals surface area contributed by atoms with Gasteiger partial charge in [-0.2, -0.15) is 0 Å². The van der Waals surface area contributed by atoms with Crippen molar-refractivity contribution in [1.29, 1.82) is 0 Å². The Morgan fingerprint density at radius 3 is 2.65 bits per heavy atom. The second-order valence-electron chi connectivity index (χ2n) is 3.53. The van der Waals surface area contributed by atoms with E-state index in [0.29, 0.717) is 5.03 Å². The average molecular weight is 312 g/mol. The van der Waals surface area contributed by atoms with Crippen LogP contribution in [-0.4, -0.2) is 26.0 Å². The number of nitrogens with zero attached hydrogens (tertiary/aromatic N) is 3. The molecule has 0 unspecified atom stereocenters. The van der Waals surface area contributed by atoms with Crippen molar-refractivity contribution >= 4 is 35.0 Å². The largest absolute Gasteiger partial charge is 0.478 e. The van der Waals surface area contributed by atoms with Crippen molar-refractivity contribution in [3.05, 3.63) is 51.3 Å². The van der Waals surface area contributed by atoms with Crippen LogP contribution in [0.15, 0.2) is 40.6 Å². The molecule has 0 amide bonds. The minimum atomic E-state index is -1.09. The van der Waals surface area contributed by atoms with E-state index in [2.05, 4.69) is 9.97 Å². The molecule has 102 valence electrons. The van der Waals surface area contributed by atoms with Crippen LogP contribution in [0.3, 0.4) is 0 Å². The van der Waals surface area contributed by atoms with Crippen molar-refractivity contribution in [2.75, 3.05) is 0 Å². The van der Waals surface area contributed by atoms with E-state index in [0.717, 1.165) is 11.8 Å². The van der Waals surface area contributed by atoms with E-state index in [1.54, 1.807) is 0 Å². The van der Waals surface area contributed by atoms with Crippen LogP contribution in [0, 0.1) is 10.1 Å². The number of aromatic nitrogens is 2. The lowest BCUT2D eigenvalue weighted by Crippen LogP contribution is -1.97. The Morgan fingerprint density at radius 1 is 1.35 bits per heavy atom. The fourth-order valence-electron chi connectivity index (χ4n) is 1.29. The zero-order valence-electron chi connectivity index (χ0n) is 9.69. The summed E-state index contributed by atoms with van der Waals surface area (Å²) in [5.74, 6) is -1.09. The maximum absolute atomic E-state index is 10.9. The van der Waals surface area contributed by atoms with Crippen LogP contribution in [-0.2, 0) is 0 Å². The minimum Gasteiger partial charge on any atom is -0.478 e. The summed E-state index contributed by atoms with van der Waals surface area (Å²) in [5, 5.41) is 20.3. The topological polar surface area (TPSA) is 106 Å². The van der Waals surface area contributed by atoms with Crippen LogP contribution < -0.4 is 0 Å². The van der Waals surface area contributed by atoms with Crippen molar-refractivity contribution in [2.45, 2.75) is 10.1 Å². The van der Waals surface area contributed by atoms with E-state index in [1.807, 2.05) is 0 Å². The zero-order valence-corrected chi connectivity index (χ0v) is 11.3. The number of pyridine rings is 2. The lowest BCUT2D eigenvalue weighted by molar-refractivity contribution is -0.388. The molecule has 0 saturated heterocycles. The molecular formula is C11H6ClN3O4S. The van der Waals surface area contributed by atoms with Gasteiger partial charge < -0.3 is 5.11 Å². The van der Waals surface area contributed by atoms with Gasteiger partial charge in [-0.25, -0.2) is 14.8 Å². The molecule has 0 fully saturated rings. The lowest BCUT2D eigenvalue weighted by Gasteiger charge is -2.02. The third-order valence-electron chi connectivity index (χ3n) is 2.18. The Balaban J connectivity index is 2.30. The first-order valence-corrected chi connectivity index (χ1v) is 6.34. The predicted octanol–water partition coefficient (Wildman–Crippen LogP) is 2.89. The second-order valence-corrected chi connectivity index (χ2v) is 4.97. The van der Waals surface area contributed by atoms with Crippen molar-refractivity contribution in [3.63, 3.8) is 0 Å². The predicted molar refractivity (Wildman–Crippen MR) is 71.2 cm³/mol. The van der Waals surface area contributed by atoms with Crippen molar-refractivity contribution in [1.82, 2.24) is 9.97 Å². The molecule has 0 saturated carbocycles. The molecule has 20 heavy (non-hydrogen) atoms. The summed E-state index contributed by atoms with van der Waals surface area (Å²) in [6.45, 7) is 0. The molecule has 9 heteroatoms. The molecule has 0 aromatic carbocycles.